The number of urea groups is 1. The summed E-state index contributed by atoms with van der Waals surface area (Å²) in [6, 6.07) is 26.3. The molecule has 168 valence electrons. The van der Waals surface area contributed by atoms with E-state index in [9.17, 15) is 4.79 Å². The minimum absolute atomic E-state index is 0.0637. The summed E-state index contributed by atoms with van der Waals surface area (Å²) in [6.07, 6.45) is 2.38. The number of hydrogen-bond acceptors (Lipinski definition) is 4. The minimum Gasteiger partial charge on any atom is -0.489 e. The van der Waals surface area contributed by atoms with Gasteiger partial charge in [-0.2, -0.15) is 0 Å². The number of carbonyl (C=O) groups excluding carboxylic acids is 1. The molecule has 0 fully saturated rings. The van der Waals surface area contributed by atoms with Crippen molar-refractivity contribution in [2.75, 3.05) is 13.2 Å². The quantitative estimate of drug-likeness (QED) is 0.550. The van der Waals surface area contributed by atoms with Crippen molar-refractivity contribution < 1.29 is 14.4 Å². The zero-order valence-electron chi connectivity index (χ0n) is 18.4. The highest BCUT2D eigenvalue weighted by atomic mass is 16.7. The lowest BCUT2D eigenvalue weighted by atomic mass is 10.0. The Hall–Kier alpha value is -3.80. The first-order valence-corrected chi connectivity index (χ1v) is 11.4. The molecule has 5 rings (SSSR count). The molecular formula is C27H27N3O3. The van der Waals surface area contributed by atoms with Gasteiger partial charge >= 0.3 is 6.03 Å². The van der Waals surface area contributed by atoms with Gasteiger partial charge in [-0.1, -0.05) is 78.0 Å². The lowest BCUT2D eigenvalue weighted by molar-refractivity contribution is 0.0472. The van der Waals surface area contributed by atoms with Crippen LogP contribution in [-0.2, 0) is 11.3 Å². The van der Waals surface area contributed by atoms with Crippen LogP contribution in [0.2, 0.25) is 0 Å². The van der Waals surface area contributed by atoms with Crippen LogP contribution in [0.4, 0.5) is 4.79 Å². The van der Waals surface area contributed by atoms with E-state index in [1.807, 2.05) is 54.6 Å². The number of carbonyl (C=O) groups is 1. The first-order chi connectivity index (χ1) is 16.3. The summed E-state index contributed by atoms with van der Waals surface area (Å²) in [5.41, 5.74) is 5.48. The number of fused-ring (bicyclic) bond motifs is 1. The van der Waals surface area contributed by atoms with Gasteiger partial charge in [0.15, 0.2) is 6.10 Å². The van der Waals surface area contributed by atoms with Crippen LogP contribution in [0.15, 0.2) is 84.0 Å². The van der Waals surface area contributed by atoms with E-state index in [1.54, 1.807) is 0 Å². The zero-order chi connectivity index (χ0) is 22.5. The lowest BCUT2D eigenvalue weighted by Gasteiger charge is -2.15. The van der Waals surface area contributed by atoms with E-state index < -0.39 is 0 Å². The number of hydrogen-bond donors (Lipinski definition) is 2. The second-order valence-electron chi connectivity index (χ2n) is 8.38. The summed E-state index contributed by atoms with van der Waals surface area (Å²) in [5, 5.41) is 10.1. The van der Waals surface area contributed by atoms with Gasteiger partial charge in [-0.05, 0) is 35.6 Å². The van der Waals surface area contributed by atoms with E-state index in [1.165, 1.54) is 11.1 Å². The van der Waals surface area contributed by atoms with Crippen LogP contribution in [0.1, 0.15) is 30.0 Å². The fourth-order valence-electron chi connectivity index (χ4n) is 4.41. The largest absolute Gasteiger partial charge is 0.489 e. The topological polar surface area (TPSA) is 72.0 Å². The number of rotatable bonds is 7. The van der Waals surface area contributed by atoms with Crippen LogP contribution in [-0.4, -0.2) is 31.0 Å². The van der Waals surface area contributed by atoms with Gasteiger partial charge in [-0.15, -0.1) is 0 Å². The number of para-hydroxylation sites is 1. The van der Waals surface area contributed by atoms with Crippen LogP contribution in [0.3, 0.4) is 0 Å². The molecule has 6 nitrogen and oxygen atoms in total. The Morgan fingerprint density at radius 1 is 1.00 bits per heavy atom. The standard InChI is InChI=1S/C27H27N3O3/c31-27(29-25-15-14-20-10-4-5-11-23(20)25)28-17-21-16-22(33-30-21)18-32-26-13-7-6-12-24(26)19-8-2-1-3-9-19/h1-13,22,25H,14-18H2,(H2,28,29,31). The van der Waals surface area contributed by atoms with Crippen LogP contribution in [0.5, 0.6) is 5.75 Å². The number of amides is 2. The lowest BCUT2D eigenvalue weighted by Crippen LogP contribution is -2.39. The van der Waals surface area contributed by atoms with E-state index in [-0.39, 0.29) is 18.2 Å². The van der Waals surface area contributed by atoms with Crippen molar-refractivity contribution in [2.45, 2.75) is 31.4 Å². The molecule has 0 bridgehead atoms. The van der Waals surface area contributed by atoms with E-state index in [0.29, 0.717) is 19.6 Å². The van der Waals surface area contributed by atoms with Crippen molar-refractivity contribution in [3.63, 3.8) is 0 Å². The molecule has 2 aliphatic rings. The summed E-state index contributed by atoms with van der Waals surface area (Å²) in [7, 11) is 0. The van der Waals surface area contributed by atoms with Gasteiger partial charge in [-0.25, -0.2) is 4.79 Å². The molecule has 1 heterocycles. The van der Waals surface area contributed by atoms with Gasteiger partial charge in [0.1, 0.15) is 12.4 Å². The third-order valence-electron chi connectivity index (χ3n) is 6.08. The molecule has 1 aliphatic heterocycles. The van der Waals surface area contributed by atoms with Crippen molar-refractivity contribution in [3.05, 3.63) is 90.0 Å². The van der Waals surface area contributed by atoms with Crippen LogP contribution >= 0.6 is 0 Å². The van der Waals surface area contributed by atoms with Gasteiger partial charge < -0.3 is 20.2 Å². The number of nitrogens with one attached hydrogen (secondary N) is 2. The molecule has 2 amide bonds. The van der Waals surface area contributed by atoms with Gasteiger partial charge in [0.05, 0.1) is 18.3 Å². The summed E-state index contributed by atoms with van der Waals surface area (Å²) in [6.45, 7) is 0.749. The molecule has 0 saturated carbocycles. The molecule has 0 aromatic heterocycles. The van der Waals surface area contributed by atoms with Crippen LogP contribution < -0.4 is 15.4 Å². The van der Waals surface area contributed by atoms with Gasteiger partial charge in [0, 0.05) is 12.0 Å². The summed E-state index contributed by atoms with van der Waals surface area (Å²) < 4.78 is 6.07. The fraction of sp³-hybridized carbons (Fsp3) is 0.259. The molecule has 6 heteroatoms. The maximum atomic E-state index is 12.4. The normalized spacial score (nSPS) is 18.7. The molecule has 3 aromatic carbocycles. The van der Waals surface area contributed by atoms with E-state index in [0.717, 1.165) is 35.4 Å². The molecule has 0 radical (unpaired) electrons. The van der Waals surface area contributed by atoms with Crippen molar-refractivity contribution >= 4 is 11.7 Å². The predicted molar refractivity (Wildman–Crippen MR) is 128 cm³/mol. The molecule has 2 atom stereocenters. The third kappa shape index (κ3) is 5.00. The first kappa shape index (κ1) is 21.1. The van der Waals surface area contributed by atoms with Gasteiger partial charge in [0.25, 0.3) is 0 Å². The van der Waals surface area contributed by atoms with Crippen molar-refractivity contribution in [3.8, 4) is 16.9 Å². The van der Waals surface area contributed by atoms with E-state index in [4.69, 9.17) is 9.57 Å². The maximum absolute atomic E-state index is 12.4. The Balaban J connectivity index is 1.08. The molecular weight excluding hydrogens is 414 g/mol. The van der Waals surface area contributed by atoms with Crippen LogP contribution in [0, 0.1) is 0 Å². The number of ether oxygens (including phenoxy) is 1. The monoisotopic (exact) mass is 441 g/mol. The minimum atomic E-state index is -0.184. The Morgan fingerprint density at radius 2 is 1.79 bits per heavy atom. The molecule has 3 aromatic rings. The van der Waals surface area contributed by atoms with Crippen LogP contribution in [0.25, 0.3) is 11.1 Å². The average molecular weight is 442 g/mol. The first-order valence-electron chi connectivity index (χ1n) is 11.4. The summed E-state index contributed by atoms with van der Waals surface area (Å²) in [5.74, 6) is 0.815. The van der Waals surface area contributed by atoms with E-state index >= 15 is 0 Å². The fourth-order valence-corrected chi connectivity index (χ4v) is 4.41. The average Bonchev–Trinajstić information content (AvgIpc) is 3.49. The molecule has 33 heavy (non-hydrogen) atoms. The third-order valence-corrected chi connectivity index (χ3v) is 6.08. The predicted octanol–water partition coefficient (Wildman–Crippen LogP) is 4.86. The number of oxime groups is 1. The molecule has 1 aliphatic carbocycles. The Kier molecular flexibility index (Phi) is 6.24. The highest BCUT2D eigenvalue weighted by Gasteiger charge is 2.25. The number of benzene rings is 3. The second-order valence-corrected chi connectivity index (χ2v) is 8.38. The summed E-state index contributed by atoms with van der Waals surface area (Å²) in [4.78, 5) is 17.9. The van der Waals surface area contributed by atoms with Gasteiger partial charge in [0.2, 0.25) is 0 Å². The number of aryl methyl sites for hydroxylation is 1. The SMILES string of the molecule is O=C(NCC1=NOC(COc2ccccc2-c2ccccc2)C1)NC1CCc2ccccc21. The Bertz CT molecular complexity index is 1150. The smallest absolute Gasteiger partial charge is 0.315 e. The Morgan fingerprint density at radius 3 is 2.70 bits per heavy atom. The van der Waals surface area contributed by atoms with Crippen molar-refractivity contribution in [1.29, 1.82) is 0 Å². The molecule has 0 spiro atoms. The highest BCUT2D eigenvalue weighted by molar-refractivity contribution is 5.90. The zero-order valence-corrected chi connectivity index (χ0v) is 18.4. The molecule has 2 unspecified atom stereocenters. The van der Waals surface area contributed by atoms with Gasteiger partial charge in [-0.3, -0.25) is 0 Å². The van der Waals surface area contributed by atoms with Crippen molar-refractivity contribution in [1.82, 2.24) is 10.6 Å². The van der Waals surface area contributed by atoms with Crippen molar-refractivity contribution in [2.24, 2.45) is 5.16 Å². The van der Waals surface area contributed by atoms with E-state index in [2.05, 4.69) is 40.1 Å². The summed E-state index contributed by atoms with van der Waals surface area (Å²) >= 11 is 0. The number of nitrogens with zero attached hydrogens (tertiary/aromatic N) is 1. The highest BCUT2D eigenvalue weighted by Crippen LogP contribution is 2.31. The molecule has 0 saturated heterocycles. The molecule has 2 N–H and O–H groups in total. The second kappa shape index (κ2) is 9.77. The maximum Gasteiger partial charge on any atom is 0.315 e. The Labute approximate surface area is 193 Å².